The summed E-state index contributed by atoms with van der Waals surface area (Å²) in [6, 6.07) is 4.05. The molecular formula is C13H17BrN2O. The lowest BCUT2D eigenvalue weighted by atomic mass is 10.1. The monoisotopic (exact) mass is 296 g/mol. The summed E-state index contributed by atoms with van der Waals surface area (Å²) in [5.74, 6) is 0.0650. The molecule has 1 atom stereocenters. The van der Waals surface area contributed by atoms with Crippen molar-refractivity contribution in [2.24, 2.45) is 0 Å². The van der Waals surface area contributed by atoms with Crippen LogP contribution >= 0.6 is 15.9 Å². The van der Waals surface area contributed by atoms with Crippen LogP contribution < -0.4 is 10.6 Å². The van der Waals surface area contributed by atoms with Crippen LogP contribution in [0.5, 0.6) is 0 Å². The van der Waals surface area contributed by atoms with Crippen molar-refractivity contribution in [3.63, 3.8) is 0 Å². The third-order valence-corrected chi connectivity index (χ3v) is 3.68. The topological polar surface area (TPSA) is 41.1 Å². The van der Waals surface area contributed by atoms with Crippen LogP contribution in [0.15, 0.2) is 16.6 Å². The molecule has 92 valence electrons. The van der Waals surface area contributed by atoms with Crippen LogP contribution in [-0.2, 0) is 4.79 Å². The Kier molecular flexibility index (Phi) is 3.84. The van der Waals surface area contributed by atoms with Gasteiger partial charge in [-0.05, 0) is 66.4 Å². The quantitative estimate of drug-likeness (QED) is 0.881. The second-order valence-electron chi connectivity index (χ2n) is 4.58. The molecule has 4 heteroatoms. The number of benzene rings is 1. The lowest BCUT2D eigenvalue weighted by Crippen LogP contribution is -2.35. The lowest BCUT2D eigenvalue weighted by Gasteiger charge is -2.15. The van der Waals surface area contributed by atoms with E-state index < -0.39 is 0 Å². The molecule has 3 nitrogen and oxygen atoms in total. The number of nitrogens with one attached hydrogen (secondary N) is 2. The highest BCUT2D eigenvalue weighted by Gasteiger charge is 2.22. The summed E-state index contributed by atoms with van der Waals surface area (Å²) in [7, 11) is 0. The standard InChI is InChI=1S/C13H17BrN2O/c1-8-6-9(2)12(10(14)7-8)16-13(17)11-4-3-5-15-11/h6-7,11,15H,3-5H2,1-2H3,(H,16,17)/t11-/m1/s1. The first-order chi connectivity index (χ1) is 8.08. The molecule has 1 saturated heterocycles. The Bertz CT molecular complexity index is 416. The van der Waals surface area contributed by atoms with Gasteiger partial charge in [-0.3, -0.25) is 4.79 Å². The fourth-order valence-corrected chi connectivity index (χ4v) is 2.97. The zero-order chi connectivity index (χ0) is 12.4. The van der Waals surface area contributed by atoms with E-state index in [4.69, 9.17) is 0 Å². The van der Waals surface area contributed by atoms with Gasteiger partial charge in [-0.15, -0.1) is 0 Å². The van der Waals surface area contributed by atoms with Crippen molar-refractivity contribution >= 4 is 27.5 Å². The first-order valence-corrected chi connectivity index (χ1v) is 6.68. The van der Waals surface area contributed by atoms with Gasteiger partial charge in [0.15, 0.2) is 0 Å². The Labute approximate surface area is 110 Å². The van der Waals surface area contributed by atoms with Crippen LogP contribution in [0.4, 0.5) is 5.69 Å². The number of hydrogen-bond acceptors (Lipinski definition) is 2. The average molecular weight is 297 g/mol. The number of amides is 1. The number of aryl methyl sites for hydroxylation is 2. The Balaban J connectivity index is 2.15. The molecule has 0 saturated carbocycles. The van der Waals surface area contributed by atoms with E-state index in [-0.39, 0.29) is 11.9 Å². The second kappa shape index (κ2) is 5.19. The van der Waals surface area contributed by atoms with Crippen molar-refractivity contribution in [1.82, 2.24) is 5.32 Å². The number of hydrogen-bond donors (Lipinski definition) is 2. The molecule has 0 unspecified atom stereocenters. The van der Waals surface area contributed by atoms with Crippen LogP contribution in [-0.4, -0.2) is 18.5 Å². The minimum Gasteiger partial charge on any atom is -0.323 e. The van der Waals surface area contributed by atoms with Gasteiger partial charge < -0.3 is 10.6 Å². The highest BCUT2D eigenvalue weighted by atomic mass is 79.9. The molecular weight excluding hydrogens is 280 g/mol. The van der Waals surface area contributed by atoms with E-state index in [0.29, 0.717) is 0 Å². The van der Waals surface area contributed by atoms with Crippen molar-refractivity contribution in [2.45, 2.75) is 32.7 Å². The molecule has 1 aliphatic rings. The Hall–Kier alpha value is -0.870. The van der Waals surface area contributed by atoms with Gasteiger partial charge in [0, 0.05) is 4.47 Å². The van der Waals surface area contributed by atoms with Crippen LogP contribution in [0, 0.1) is 13.8 Å². The van der Waals surface area contributed by atoms with Gasteiger partial charge >= 0.3 is 0 Å². The molecule has 0 aliphatic carbocycles. The number of rotatable bonds is 2. The maximum atomic E-state index is 12.0. The van der Waals surface area contributed by atoms with Gasteiger partial charge in [-0.2, -0.15) is 0 Å². The molecule has 2 N–H and O–H groups in total. The van der Waals surface area contributed by atoms with E-state index in [1.54, 1.807) is 0 Å². The van der Waals surface area contributed by atoms with Crippen LogP contribution in [0.1, 0.15) is 24.0 Å². The summed E-state index contributed by atoms with van der Waals surface area (Å²) in [6.45, 7) is 4.99. The Morgan fingerprint density at radius 2 is 2.24 bits per heavy atom. The fourth-order valence-electron chi connectivity index (χ4n) is 2.19. The van der Waals surface area contributed by atoms with Crippen LogP contribution in [0.25, 0.3) is 0 Å². The van der Waals surface area contributed by atoms with Gasteiger partial charge in [-0.1, -0.05) is 6.07 Å². The minimum absolute atomic E-state index is 0.0393. The van der Waals surface area contributed by atoms with E-state index in [2.05, 4.69) is 32.6 Å². The van der Waals surface area contributed by atoms with Crippen molar-refractivity contribution in [3.05, 3.63) is 27.7 Å². The first-order valence-electron chi connectivity index (χ1n) is 5.89. The van der Waals surface area contributed by atoms with Crippen molar-refractivity contribution < 1.29 is 4.79 Å². The highest BCUT2D eigenvalue weighted by Crippen LogP contribution is 2.28. The molecule has 0 spiro atoms. The van der Waals surface area contributed by atoms with Crippen molar-refractivity contribution in [3.8, 4) is 0 Å². The SMILES string of the molecule is Cc1cc(C)c(NC(=O)[C@H]2CCCN2)c(Br)c1. The zero-order valence-corrected chi connectivity index (χ0v) is 11.7. The summed E-state index contributed by atoms with van der Waals surface area (Å²) in [6.07, 6.45) is 2.00. The zero-order valence-electron chi connectivity index (χ0n) is 10.1. The van der Waals surface area contributed by atoms with Crippen LogP contribution in [0.2, 0.25) is 0 Å². The summed E-state index contributed by atoms with van der Waals surface area (Å²) in [4.78, 5) is 12.0. The number of carbonyl (C=O) groups is 1. The minimum atomic E-state index is -0.0393. The van der Waals surface area contributed by atoms with E-state index in [9.17, 15) is 4.79 Å². The van der Waals surface area contributed by atoms with Crippen molar-refractivity contribution in [2.75, 3.05) is 11.9 Å². The third kappa shape index (κ3) is 2.87. The summed E-state index contributed by atoms with van der Waals surface area (Å²) in [5, 5.41) is 6.20. The molecule has 1 heterocycles. The van der Waals surface area contributed by atoms with Gasteiger partial charge in [0.1, 0.15) is 0 Å². The maximum Gasteiger partial charge on any atom is 0.241 e. The molecule has 17 heavy (non-hydrogen) atoms. The van der Waals surface area contributed by atoms with Gasteiger partial charge in [0.25, 0.3) is 0 Å². The molecule has 0 aromatic heterocycles. The summed E-state index contributed by atoms with van der Waals surface area (Å²) in [5.41, 5.74) is 3.16. The van der Waals surface area contributed by atoms with Crippen molar-refractivity contribution in [1.29, 1.82) is 0 Å². The predicted octanol–water partition coefficient (Wildman–Crippen LogP) is 2.76. The molecule has 1 aliphatic heterocycles. The maximum absolute atomic E-state index is 12.0. The average Bonchev–Trinajstić information content (AvgIpc) is 2.76. The van der Waals surface area contributed by atoms with E-state index >= 15 is 0 Å². The van der Waals surface area contributed by atoms with E-state index in [1.807, 2.05) is 19.9 Å². The first kappa shape index (κ1) is 12.6. The molecule has 1 aromatic carbocycles. The van der Waals surface area contributed by atoms with Gasteiger partial charge in [0.2, 0.25) is 5.91 Å². The third-order valence-electron chi connectivity index (χ3n) is 3.06. The second-order valence-corrected chi connectivity index (χ2v) is 5.43. The number of anilines is 1. The van der Waals surface area contributed by atoms with Gasteiger partial charge in [-0.25, -0.2) is 0 Å². The number of carbonyl (C=O) groups excluding carboxylic acids is 1. The largest absolute Gasteiger partial charge is 0.323 e. The van der Waals surface area contributed by atoms with Gasteiger partial charge in [0.05, 0.1) is 11.7 Å². The van der Waals surface area contributed by atoms with Crippen LogP contribution in [0.3, 0.4) is 0 Å². The predicted molar refractivity (Wildman–Crippen MR) is 73.3 cm³/mol. The highest BCUT2D eigenvalue weighted by molar-refractivity contribution is 9.10. The molecule has 1 amide bonds. The smallest absolute Gasteiger partial charge is 0.241 e. The normalized spacial score (nSPS) is 19.4. The Morgan fingerprint density at radius 3 is 2.82 bits per heavy atom. The van der Waals surface area contributed by atoms with E-state index in [1.165, 1.54) is 5.56 Å². The molecule has 0 bridgehead atoms. The molecule has 1 aromatic rings. The molecule has 0 radical (unpaired) electrons. The summed E-state index contributed by atoms with van der Waals surface area (Å²) >= 11 is 3.50. The fraction of sp³-hybridized carbons (Fsp3) is 0.462. The summed E-state index contributed by atoms with van der Waals surface area (Å²) < 4.78 is 0.946. The molecule has 1 fully saturated rings. The number of halogens is 1. The van der Waals surface area contributed by atoms with E-state index in [0.717, 1.165) is 35.1 Å². The Morgan fingerprint density at radius 1 is 1.47 bits per heavy atom. The lowest BCUT2D eigenvalue weighted by molar-refractivity contribution is -0.117. The molecule has 2 rings (SSSR count).